The number of urea groups is 1. The van der Waals surface area contributed by atoms with E-state index in [9.17, 15) is 9.59 Å². The molecule has 1 fully saturated rings. The van der Waals surface area contributed by atoms with Crippen molar-refractivity contribution in [2.75, 3.05) is 17.6 Å². The minimum absolute atomic E-state index is 0.107. The van der Waals surface area contributed by atoms with Crippen LogP contribution < -0.4 is 10.6 Å². The van der Waals surface area contributed by atoms with Gasteiger partial charge in [0.15, 0.2) is 0 Å². The molecule has 6 heteroatoms. The zero-order chi connectivity index (χ0) is 15.3. The molecule has 1 unspecified atom stereocenters. The first-order valence-electron chi connectivity index (χ1n) is 6.97. The molecule has 0 aromatic heterocycles. The number of anilines is 1. The highest BCUT2D eigenvalue weighted by molar-refractivity contribution is 8.00. The summed E-state index contributed by atoms with van der Waals surface area (Å²) in [4.78, 5) is 22.8. The van der Waals surface area contributed by atoms with E-state index in [1.165, 1.54) is 6.42 Å². The summed E-state index contributed by atoms with van der Waals surface area (Å²) in [6.07, 6.45) is 2.18. The van der Waals surface area contributed by atoms with Crippen molar-refractivity contribution in [3.63, 3.8) is 0 Å². The summed E-state index contributed by atoms with van der Waals surface area (Å²) < 4.78 is 0.109. The predicted molar refractivity (Wildman–Crippen MR) is 84.9 cm³/mol. The van der Waals surface area contributed by atoms with Crippen LogP contribution in [-0.4, -0.2) is 34.2 Å². The van der Waals surface area contributed by atoms with Gasteiger partial charge in [0.2, 0.25) is 0 Å². The Balaban J connectivity index is 1.91. The molecule has 0 radical (unpaired) electrons. The fourth-order valence-corrected chi connectivity index (χ4v) is 3.61. The number of carbonyl (C=O) groups excluding carboxylic acids is 1. The number of benzene rings is 1. The van der Waals surface area contributed by atoms with Crippen LogP contribution in [0, 0.1) is 0 Å². The van der Waals surface area contributed by atoms with Crippen molar-refractivity contribution < 1.29 is 14.7 Å². The quantitative estimate of drug-likeness (QED) is 0.781. The number of carboxylic acid groups (broad SMARTS) is 1. The van der Waals surface area contributed by atoms with Crippen molar-refractivity contribution in [1.82, 2.24) is 5.32 Å². The van der Waals surface area contributed by atoms with Crippen molar-refractivity contribution in [2.45, 2.75) is 30.9 Å². The van der Waals surface area contributed by atoms with Gasteiger partial charge in [-0.25, -0.2) is 4.79 Å². The van der Waals surface area contributed by atoms with Gasteiger partial charge in [0.1, 0.15) is 0 Å². The Morgan fingerprint density at radius 3 is 2.81 bits per heavy atom. The van der Waals surface area contributed by atoms with Crippen LogP contribution in [-0.2, 0) is 11.2 Å². The first-order chi connectivity index (χ1) is 9.98. The van der Waals surface area contributed by atoms with E-state index in [4.69, 9.17) is 5.11 Å². The smallest absolute Gasteiger partial charge is 0.319 e. The lowest BCUT2D eigenvalue weighted by atomic mass is 10.1. The van der Waals surface area contributed by atoms with E-state index in [0.29, 0.717) is 17.8 Å². The second kappa shape index (κ2) is 6.85. The maximum absolute atomic E-state index is 12.0. The Labute approximate surface area is 128 Å². The third-order valence-electron chi connectivity index (χ3n) is 3.53. The maximum Gasteiger partial charge on any atom is 0.319 e. The topological polar surface area (TPSA) is 78.4 Å². The Bertz CT molecular complexity index is 527. The molecule has 0 bridgehead atoms. The summed E-state index contributed by atoms with van der Waals surface area (Å²) in [6, 6.07) is 6.66. The Morgan fingerprint density at radius 2 is 2.14 bits per heavy atom. The average Bonchev–Trinajstić information content (AvgIpc) is 2.86. The molecule has 0 saturated carbocycles. The van der Waals surface area contributed by atoms with Crippen LogP contribution in [0.5, 0.6) is 0 Å². The predicted octanol–water partition coefficient (Wildman–Crippen LogP) is 2.72. The van der Waals surface area contributed by atoms with Gasteiger partial charge in [-0.05, 0) is 37.1 Å². The number of amides is 2. The maximum atomic E-state index is 12.0. The second-order valence-corrected chi connectivity index (χ2v) is 7.12. The Kier molecular flexibility index (Phi) is 5.12. The lowest BCUT2D eigenvalue weighted by molar-refractivity contribution is -0.136. The SMILES string of the molecule is CC1(CNC(=O)Nc2ccccc2CC(=O)O)CCCS1. The van der Waals surface area contributed by atoms with Crippen LogP contribution in [0.4, 0.5) is 10.5 Å². The highest BCUT2D eigenvalue weighted by Gasteiger charge is 2.29. The van der Waals surface area contributed by atoms with Gasteiger partial charge >= 0.3 is 12.0 Å². The van der Waals surface area contributed by atoms with E-state index in [1.807, 2.05) is 11.8 Å². The van der Waals surface area contributed by atoms with E-state index in [1.54, 1.807) is 24.3 Å². The van der Waals surface area contributed by atoms with Gasteiger partial charge < -0.3 is 15.7 Å². The molecule has 0 aliphatic carbocycles. The number of carbonyl (C=O) groups is 2. The summed E-state index contributed by atoms with van der Waals surface area (Å²) in [5.74, 6) is 0.223. The number of nitrogens with one attached hydrogen (secondary N) is 2. The molecule has 1 atom stereocenters. The molecule has 1 aliphatic heterocycles. The van der Waals surface area contributed by atoms with Crippen LogP contribution in [0.25, 0.3) is 0 Å². The summed E-state index contributed by atoms with van der Waals surface area (Å²) in [5, 5.41) is 14.5. The first-order valence-corrected chi connectivity index (χ1v) is 7.96. The third kappa shape index (κ3) is 4.67. The largest absolute Gasteiger partial charge is 0.481 e. The molecule has 114 valence electrons. The van der Waals surface area contributed by atoms with E-state index in [2.05, 4.69) is 17.6 Å². The van der Waals surface area contributed by atoms with Crippen LogP contribution in [0.15, 0.2) is 24.3 Å². The number of para-hydroxylation sites is 1. The lowest BCUT2D eigenvalue weighted by Gasteiger charge is -2.23. The minimum Gasteiger partial charge on any atom is -0.481 e. The minimum atomic E-state index is -0.917. The Hall–Kier alpha value is -1.69. The molecule has 1 saturated heterocycles. The molecule has 1 aliphatic rings. The molecular formula is C15H20N2O3S. The second-order valence-electron chi connectivity index (χ2n) is 5.44. The molecule has 3 N–H and O–H groups in total. The van der Waals surface area contributed by atoms with Gasteiger partial charge in [-0.2, -0.15) is 11.8 Å². The van der Waals surface area contributed by atoms with Crippen molar-refractivity contribution in [1.29, 1.82) is 0 Å². The van der Waals surface area contributed by atoms with Gasteiger partial charge in [0.05, 0.1) is 6.42 Å². The first kappa shape index (κ1) is 15.7. The number of aliphatic carboxylic acids is 1. The average molecular weight is 308 g/mol. The third-order valence-corrected chi connectivity index (χ3v) is 5.07. The number of hydrogen-bond acceptors (Lipinski definition) is 3. The van der Waals surface area contributed by atoms with Gasteiger partial charge in [-0.15, -0.1) is 0 Å². The zero-order valence-corrected chi connectivity index (χ0v) is 12.8. The number of thioether (sulfide) groups is 1. The molecule has 0 spiro atoms. The highest BCUT2D eigenvalue weighted by Crippen LogP contribution is 2.36. The zero-order valence-electron chi connectivity index (χ0n) is 12.0. The Morgan fingerprint density at radius 1 is 1.38 bits per heavy atom. The highest BCUT2D eigenvalue weighted by atomic mass is 32.2. The lowest BCUT2D eigenvalue weighted by Crippen LogP contribution is -2.39. The number of carboxylic acids is 1. The molecular weight excluding hydrogens is 288 g/mol. The molecule has 21 heavy (non-hydrogen) atoms. The van der Waals surface area contributed by atoms with E-state index in [0.717, 1.165) is 12.2 Å². The van der Waals surface area contributed by atoms with Crippen molar-refractivity contribution >= 4 is 29.4 Å². The van der Waals surface area contributed by atoms with E-state index >= 15 is 0 Å². The van der Waals surface area contributed by atoms with Crippen LogP contribution in [0.1, 0.15) is 25.3 Å². The van der Waals surface area contributed by atoms with Crippen molar-refractivity contribution in [3.8, 4) is 0 Å². The van der Waals surface area contributed by atoms with Gasteiger partial charge in [0.25, 0.3) is 0 Å². The molecule has 2 amide bonds. The summed E-state index contributed by atoms with van der Waals surface area (Å²) >= 11 is 1.88. The summed E-state index contributed by atoms with van der Waals surface area (Å²) in [7, 11) is 0. The fourth-order valence-electron chi connectivity index (χ4n) is 2.37. The van der Waals surface area contributed by atoms with Crippen LogP contribution in [0.2, 0.25) is 0 Å². The molecule has 1 aromatic rings. The summed E-state index contributed by atoms with van der Waals surface area (Å²) in [5.41, 5.74) is 1.14. The normalized spacial score (nSPS) is 21.0. The van der Waals surface area contributed by atoms with Crippen molar-refractivity contribution in [3.05, 3.63) is 29.8 Å². The monoisotopic (exact) mass is 308 g/mol. The van der Waals surface area contributed by atoms with Crippen LogP contribution >= 0.6 is 11.8 Å². The van der Waals surface area contributed by atoms with E-state index < -0.39 is 5.97 Å². The van der Waals surface area contributed by atoms with Gasteiger partial charge in [-0.1, -0.05) is 18.2 Å². The van der Waals surface area contributed by atoms with Crippen LogP contribution in [0.3, 0.4) is 0 Å². The molecule has 1 aromatic carbocycles. The molecule has 5 nitrogen and oxygen atoms in total. The molecule has 2 rings (SSSR count). The van der Waals surface area contributed by atoms with Gasteiger partial charge in [-0.3, -0.25) is 4.79 Å². The molecule has 1 heterocycles. The number of rotatable bonds is 5. The standard InChI is InChI=1S/C15H20N2O3S/c1-15(7-4-8-21-15)10-16-14(20)17-12-6-3-2-5-11(12)9-13(18)19/h2-3,5-6H,4,7-10H2,1H3,(H,18,19)(H2,16,17,20). The van der Waals surface area contributed by atoms with E-state index in [-0.39, 0.29) is 17.2 Å². The summed E-state index contributed by atoms with van der Waals surface area (Å²) in [6.45, 7) is 2.77. The van der Waals surface area contributed by atoms with Gasteiger partial charge in [0, 0.05) is 17.0 Å². The number of hydrogen-bond donors (Lipinski definition) is 3. The fraction of sp³-hybridized carbons (Fsp3) is 0.467. The van der Waals surface area contributed by atoms with Crippen molar-refractivity contribution in [2.24, 2.45) is 0 Å².